The largest absolute Gasteiger partial charge is 0.459 e. The highest BCUT2D eigenvalue weighted by molar-refractivity contribution is 6.74. The summed E-state index contributed by atoms with van der Waals surface area (Å²) in [6.07, 6.45) is 0.350. The van der Waals surface area contributed by atoms with Crippen molar-refractivity contribution < 1.29 is 37.9 Å². The van der Waals surface area contributed by atoms with E-state index < -0.39 is 48.6 Å². The molecule has 13 heteroatoms. The molecular weight excluding hydrogens is 610 g/mol. The number of nitro groups is 1. The first-order valence-electron chi connectivity index (χ1n) is 16.0. The predicted octanol–water partition coefficient (Wildman–Crippen LogP) is 7.05. The summed E-state index contributed by atoms with van der Waals surface area (Å²) in [5, 5.41) is 11.0. The summed E-state index contributed by atoms with van der Waals surface area (Å²) in [5.74, 6) is -0.702. The van der Waals surface area contributed by atoms with Crippen molar-refractivity contribution in [3.05, 3.63) is 39.9 Å². The number of amides is 2. The van der Waals surface area contributed by atoms with E-state index >= 15 is 0 Å². The Morgan fingerprint density at radius 2 is 1.41 bits per heavy atom. The number of carbonyl (C=O) groups is 3. The van der Waals surface area contributed by atoms with E-state index in [0.717, 1.165) is 0 Å². The number of benzene rings is 1. The van der Waals surface area contributed by atoms with Gasteiger partial charge in [-0.2, -0.15) is 0 Å². The van der Waals surface area contributed by atoms with E-state index in [0.29, 0.717) is 31.4 Å². The minimum Gasteiger partial charge on any atom is -0.459 e. The number of esters is 1. The number of hydrogen-bond acceptors (Lipinski definition) is 9. The van der Waals surface area contributed by atoms with Crippen LogP contribution in [0.5, 0.6) is 0 Å². The van der Waals surface area contributed by atoms with Crippen LogP contribution in [0.1, 0.15) is 87.1 Å². The Kier molecular flexibility index (Phi) is 11.2. The third kappa shape index (κ3) is 10.2. The number of carbonyl (C=O) groups excluding carboxylic acids is 3. The summed E-state index contributed by atoms with van der Waals surface area (Å²) in [6, 6.07) is 4.67. The van der Waals surface area contributed by atoms with E-state index in [1.165, 1.54) is 29.2 Å². The quantitative estimate of drug-likeness (QED) is 0.0941. The van der Waals surface area contributed by atoms with Crippen molar-refractivity contribution in [1.82, 2.24) is 9.80 Å². The lowest BCUT2D eigenvalue weighted by molar-refractivity contribution is -0.384. The first kappa shape index (κ1) is 37.3. The molecule has 0 radical (unpaired) electrons. The molecule has 2 heterocycles. The number of likely N-dealkylation sites (tertiary alicyclic amines) is 2. The highest BCUT2D eigenvalue weighted by Gasteiger charge is 2.48. The van der Waals surface area contributed by atoms with Gasteiger partial charge in [0.25, 0.3) is 5.69 Å². The van der Waals surface area contributed by atoms with E-state index in [2.05, 4.69) is 33.9 Å². The van der Waals surface area contributed by atoms with Crippen molar-refractivity contribution in [2.45, 2.75) is 136 Å². The van der Waals surface area contributed by atoms with Gasteiger partial charge in [0.1, 0.15) is 23.9 Å². The maximum absolute atomic E-state index is 13.4. The lowest BCUT2D eigenvalue weighted by Gasteiger charge is -2.38. The number of nitrogens with zero attached hydrogens (tertiary/aromatic N) is 3. The third-order valence-corrected chi connectivity index (χ3v) is 13.2. The number of rotatable bonds is 8. The molecule has 1 aromatic carbocycles. The van der Waals surface area contributed by atoms with Gasteiger partial charge in [-0.1, -0.05) is 20.8 Å². The van der Waals surface area contributed by atoms with Crippen LogP contribution in [0.3, 0.4) is 0 Å². The fourth-order valence-electron chi connectivity index (χ4n) is 5.51. The first-order chi connectivity index (χ1) is 21.0. The van der Waals surface area contributed by atoms with Crippen LogP contribution in [0.2, 0.25) is 18.1 Å². The van der Waals surface area contributed by atoms with E-state index in [-0.39, 0.29) is 41.9 Å². The van der Waals surface area contributed by atoms with E-state index in [9.17, 15) is 24.5 Å². The average Bonchev–Trinajstić information content (AvgIpc) is 3.49. The van der Waals surface area contributed by atoms with Gasteiger partial charge in [-0.25, -0.2) is 14.4 Å². The van der Waals surface area contributed by atoms with Gasteiger partial charge in [0.2, 0.25) is 0 Å². The zero-order valence-corrected chi connectivity index (χ0v) is 30.4. The standard InChI is InChI=1S/C33H53N3O9Si/c1-31(2,3)43-29(38)34-20-26(45-46(10,11)33(7,8)9)18-25(34)16-23-17-27(35(19-23)30(39)44-32(4,5)6)28(37)42-21-22-12-14-24(15-13-22)36(40)41/h12-15,23,25-27H,16-21H2,1-11H3/t23-,25-,26-,27+/m1/s1. The van der Waals surface area contributed by atoms with Crippen LogP contribution in [-0.4, -0.2) is 83.7 Å². The van der Waals surface area contributed by atoms with Crippen molar-refractivity contribution in [2.75, 3.05) is 13.1 Å². The number of hydrogen-bond donors (Lipinski definition) is 0. The summed E-state index contributed by atoms with van der Waals surface area (Å²) in [6.45, 7) is 22.3. The zero-order chi connectivity index (χ0) is 34.8. The second-order valence-corrected chi connectivity index (χ2v) is 20.8. The molecule has 4 atom stereocenters. The van der Waals surface area contributed by atoms with Gasteiger partial charge in [-0.05, 0) is 103 Å². The zero-order valence-electron chi connectivity index (χ0n) is 29.4. The molecule has 0 spiro atoms. The normalized spacial score (nSPS) is 22.5. The Bertz CT molecular complexity index is 1260. The molecule has 0 saturated carbocycles. The van der Waals surface area contributed by atoms with Gasteiger partial charge in [-0.15, -0.1) is 0 Å². The Morgan fingerprint density at radius 3 is 1.91 bits per heavy atom. The molecule has 2 saturated heterocycles. The number of nitro benzene ring substituents is 1. The lowest BCUT2D eigenvalue weighted by atomic mass is 9.95. The van der Waals surface area contributed by atoms with Crippen LogP contribution in [-0.2, 0) is 30.0 Å². The molecule has 0 aromatic heterocycles. The molecule has 46 heavy (non-hydrogen) atoms. The number of non-ortho nitro benzene ring substituents is 1. The monoisotopic (exact) mass is 663 g/mol. The molecule has 258 valence electrons. The van der Waals surface area contributed by atoms with Gasteiger partial charge in [-0.3, -0.25) is 15.0 Å². The Labute approximate surface area is 274 Å². The maximum atomic E-state index is 13.4. The molecule has 2 amide bonds. The molecule has 0 N–H and O–H groups in total. The van der Waals surface area contributed by atoms with Crippen LogP contribution in [0.4, 0.5) is 15.3 Å². The summed E-state index contributed by atoms with van der Waals surface area (Å²) in [7, 11) is -2.12. The van der Waals surface area contributed by atoms with Crippen molar-refractivity contribution in [3.63, 3.8) is 0 Å². The minimum atomic E-state index is -2.12. The smallest absolute Gasteiger partial charge is 0.411 e. The van der Waals surface area contributed by atoms with Gasteiger partial charge >= 0.3 is 18.2 Å². The second kappa shape index (κ2) is 13.9. The third-order valence-electron chi connectivity index (χ3n) is 8.69. The molecule has 2 aliphatic heterocycles. The minimum absolute atomic E-state index is 0.00323. The topological polar surface area (TPSA) is 138 Å². The van der Waals surface area contributed by atoms with Gasteiger partial charge in [0.05, 0.1) is 11.0 Å². The van der Waals surface area contributed by atoms with Crippen LogP contribution in [0.15, 0.2) is 24.3 Å². The number of ether oxygens (including phenoxy) is 3. The van der Waals surface area contributed by atoms with Crippen molar-refractivity contribution in [2.24, 2.45) is 5.92 Å². The molecular formula is C33H53N3O9Si. The molecule has 2 fully saturated rings. The van der Waals surface area contributed by atoms with E-state index in [4.69, 9.17) is 18.6 Å². The van der Waals surface area contributed by atoms with Crippen LogP contribution in [0.25, 0.3) is 0 Å². The fraction of sp³-hybridized carbons (Fsp3) is 0.727. The molecule has 0 bridgehead atoms. The molecule has 12 nitrogen and oxygen atoms in total. The first-order valence-corrected chi connectivity index (χ1v) is 18.9. The highest BCUT2D eigenvalue weighted by Crippen LogP contribution is 2.40. The molecule has 2 aliphatic rings. The van der Waals surface area contributed by atoms with E-state index in [1.54, 1.807) is 25.7 Å². The van der Waals surface area contributed by atoms with Crippen LogP contribution < -0.4 is 0 Å². The van der Waals surface area contributed by atoms with Gasteiger partial charge < -0.3 is 23.5 Å². The highest BCUT2D eigenvalue weighted by atomic mass is 28.4. The average molecular weight is 664 g/mol. The summed E-state index contributed by atoms with van der Waals surface area (Å²) >= 11 is 0. The summed E-state index contributed by atoms with van der Waals surface area (Å²) in [5.41, 5.74) is -0.909. The summed E-state index contributed by atoms with van der Waals surface area (Å²) < 4.78 is 23.8. The van der Waals surface area contributed by atoms with Crippen LogP contribution in [0, 0.1) is 16.0 Å². The van der Waals surface area contributed by atoms with Crippen molar-refractivity contribution in [1.29, 1.82) is 0 Å². The molecule has 3 rings (SSSR count). The Hall–Kier alpha value is -3.19. The Morgan fingerprint density at radius 1 is 0.870 bits per heavy atom. The molecule has 0 aliphatic carbocycles. The maximum Gasteiger partial charge on any atom is 0.411 e. The fourth-order valence-corrected chi connectivity index (χ4v) is 6.87. The van der Waals surface area contributed by atoms with Gasteiger partial charge in [0, 0.05) is 31.3 Å². The Balaban J connectivity index is 1.79. The predicted molar refractivity (Wildman–Crippen MR) is 176 cm³/mol. The molecule has 1 aromatic rings. The van der Waals surface area contributed by atoms with E-state index in [1.807, 2.05) is 20.8 Å². The second-order valence-electron chi connectivity index (χ2n) is 16.0. The SMILES string of the molecule is CC(C)(C)OC(=O)N1C[C@H](O[Si](C)(C)C(C)(C)C)C[C@H]1C[C@@H]1C[C@@H](C(=O)OCc2ccc([N+](=O)[O-])cc2)N(C(=O)OC(C)(C)C)C1. The van der Waals surface area contributed by atoms with Crippen molar-refractivity contribution in [3.8, 4) is 0 Å². The van der Waals surface area contributed by atoms with Gasteiger partial charge in [0.15, 0.2) is 8.32 Å². The molecule has 0 unspecified atom stereocenters. The van der Waals surface area contributed by atoms with Crippen LogP contribution >= 0.6 is 0 Å². The van der Waals surface area contributed by atoms with Crippen molar-refractivity contribution >= 4 is 32.2 Å². The lowest BCUT2D eigenvalue weighted by Crippen LogP contribution is -2.45. The summed E-state index contributed by atoms with van der Waals surface area (Å²) in [4.78, 5) is 53.8.